The van der Waals surface area contributed by atoms with Gasteiger partial charge in [0.1, 0.15) is 5.75 Å². The smallest absolute Gasteiger partial charge is 0.123 e. The molecule has 3 atom stereocenters. The van der Waals surface area contributed by atoms with E-state index in [0.29, 0.717) is 11.7 Å². The highest BCUT2D eigenvalue weighted by Gasteiger charge is 2.53. The van der Waals surface area contributed by atoms with Gasteiger partial charge in [-0.2, -0.15) is 0 Å². The number of phenolic OH excluding ortho intramolecular Hbond substituents is 1. The van der Waals surface area contributed by atoms with E-state index in [1.165, 1.54) is 55.6 Å². The quantitative estimate of drug-likeness (QED) is 0.203. The zero-order valence-corrected chi connectivity index (χ0v) is 28.0. The van der Waals surface area contributed by atoms with Crippen molar-refractivity contribution < 1.29 is 5.11 Å². The number of phenols is 1. The van der Waals surface area contributed by atoms with Crippen LogP contribution in [0.15, 0.2) is 157 Å². The molecule has 0 saturated carbocycles. The summed E-state index contributed by atoms with van der Waals surface area (Å²) < 4.78 is 0. The summed E-state index contributed by atoms with van der Waals surface area (Å²) >= 11 is 0. The molecule has 10 rings (SSSR count). The Balaban J connectivity index is 1.13. The van der Waals surface area contributed by atoms with Crippen LogP contribution in [-0.2, 0) is 16.2 Å². The topological polar surface area (TPSA) is 32.3 Å². The summed E-state index contributed by atoms with van der Waals surface area (Å²) in [5.41, 5.74) is 16.8. The molecule has 236 valence electrons. The lowest BCUT2D eigenvalue weighted by molar-refractivity contribution is 0.322. The molecule has 3 unspecified atom stereocenters. The SMILES string of the molecule is CC1(C)c2ccccc2C2(C)C=CC(Nc3ccc4c(c3)C3(c5ccccc5-c5cc(-c6ccccc6O)ccc53)c3ccccc3-4)=CC12. The molecule has 0 aromatic heterocycles. The largest absolute Gasteiger partial charge is 0.507 e. The van der Waals surface area contributed by atoms with Gasteiger partial charge in [0, 0.05) is 28.3 Å². The monoisotopic (exact) mass is 631 g/mol. The highest BCUT2D eigenvalue weighted by molar-refractivity contribution is 5.96. The third-order valence-corrected chi connectivity index (χ3v) is 12.2. The van der Waals surface area contributed by atoms with Crippen molar-refractivity contribution in [3.05, 3.63) is 191 Å². The molecule has 49 heavy (non-hydrogen) atoms. The number of hydrogen-bond donors (Lipinski definition) is 2. The fraction of sp³-hybridized carbons (Fsp3) is 0.149. The Kier molecular flexibility index (Phi) is 5.65. The number of para-hydroxylation sites is 1. The summed E-state index contributed by atoms with van der Waals surface area (Å²) in [6, 6.07) is 48.1. The maximum atomic E-state index is 10.8. The Labute approximate surface area is 288 Å². The van der Waals surface area contributed by atoms with Crippen LogP contribution in [-0.4, -0.2) is 5.11 Å². The van der Waals surface area contributed by atoms with Crippen molar-refractivity contribution in [2.24, 2.45) is 5.92 Å². The van der Waals surface area contributed by atoms with E-state index >= 15 is 0 Å². The molecule has 2 N–H and O–H groups in total. The Morgan fingerprint density at radius 1 is 0.531 bits per heavy atom. The molecule has 0 fully saturated rings. The number of aromatic hydroxyl groups is 1. The lowest BCUT2D eigenvalue weighted by Gasteiger charge is -2.37. The first-order chi connectivity index (χ1) is 23.8. The minimum atomic E-state index is -0.447. The van der Waals surface area contributed by atoms with Crippen molar-refractivity contribution in [1.82, 2.24) is 0 Å². The van der Waals surface area contributed by atoms with E-state index in [-0.39, 0.29) is 10.8 Å². The summed E-state index contributed by atoms with van der Waals surface area (Å²) in [4.78, 5) is 0. The van der Waals surface area contributed by atoms with Gasteiger partial charge in [-0.05, 0) is 97.0 Å². The van der Waals surface area contributed by atoms with E-state index < -0.39 is 5.41 Å². The standard InChI is InChI=1S/C47H37NO/c1-45(2)40-17-9-10-18-41(40)46(3)25-24-31(28-44(45)46)48-30-21-22-35-33-13-4-7-15-37(33)47(42(35)27-30)38-16-8-5-14-34(38)36-26-29(20-23-39(36)47)32-12-6-11-19-43(32)49/h4-28,44,48-49H,1-3H3. The molecule has 0 heterocycles. The Morgan fingerprint density at radius 2 is 1.12 bits per heavy atom. The van der Waals surface area contributed by atoms with E-state index in [1.54, 1.807) is 6.07 Å². The molecule has 1 spiro atoms. The van der Waals surface area contributed by atoms with Gasteiger partial charge in [-0.1, -0.05) is 142 Å². The number of nitrogens with one attached hydrogen (secondary N) is 1. The van der Waals surface area contributed by atoms with Crippen LogP contribution in [0, 0.1) is 5.92 Å². The van der Waals surface area contributed by atoms with Crippen LogP contribution in [0.1, 0.15) is 54.2 Å². The molecule has 2 nitrogen and oxygen atoms in total. The maximum Gasteiger partial charge on any atom is 0.123 e. The van der Waals surface area contributed by atoms with E-state index in [4.69, 9.17) is 0 Å². The number of rotatable bonds is 3. The predicted octanol–water partition coefficient (Wildman–Crippen LogP) is 11.1. The zero-order valence-electron chi connectivity index (χ0n) is 28.0. The summed E-state index contributed by atoms with van der Waals surface area (Å²) in [7, 11) is 0. The Bertz CT molecular complexity index is 2450. The zero-order chi connectivity index (χ0) is 33.1. The molecular formula is C47H37NO. The van der Waals surface area contributed by atoms with E-state index in [1.807, 2.05) is 18.2 Å². The van der Waals surface area contributed by atoms with Crippen molar-refractivity contribution in [2.75, 3.05) is 5.32 Å². The molecule has 0 saturated heterocycles. The first-order valence-corrected chi connectivity index (χ1v) is 17.4. The summed E-state index contributed by atoms with van der Waals surface area (Å²) in [5, 5.41) is 14.6. The molecule has 4 aliphatic rings. The highest BCUT2D eigenvalue weighted by atomic mass is 16.3. The minimum Gasteiger partial charge on any atom is -0.507 e. The first-order valence-electron chi connectivity index (χ1n) is 17.4. The summed E-state index contributed by atoms with van der Waals surface area (Å²) in [5.74, 6) is 0.647. The van der Waals surface area contributed by atoms with Crippen molar-refractivity contribution in [3.8, 4) is 39.1 Å². The number of fused-ring (bicyclic) bond motifs is 13. The molecule has 0 bridgehead atoms. The van der Waals surface area contributed by atoms with Gasteiger partial charge in [-0.15, -0.1) is 0 Å². The molecule has 0 radical (unpaired) electrons. The maximum absolute atomic E-state index is 10.8. The van der Waals surface area contributed by atoms with Crippen LogP contribution in [0.4, 0.5) is 5.69 Å². The van der Waals surface area contributed by atoms with Crippen LogP contribution in [0.5, 0.6) is 5.75 Å². The summed E-state index contributed by atoms with van der Waals surface area (Å²) in [6.45, 7) is 7.18. The fourth-order valence-corrected chi connectivity index (χ4v) is 10.0. The van der Waals surface area contributed by atoms with Gasteiger partial charge in [-0.25, -0.2) is 0 Å². The van der Waals surface area contributed by atoms with Crippen LogP contribution in [0.2, 0.25) is 0 Å². The van der Waals surface area contributed by atoms with Gasteiger partial charge < -0.3 is 10.4 Å². The molecule has 6 aromatic rings. The molecule has 6 aromatic carbocycles. The van der Waals surface area contributed by atoms with Gasteiger partial charge >= 0.3 is 0 Å². The van der Waals surface area contributed by atoms with Crippen LogP contribution in [0.3, 0.4) is 0 Å². The normalized spacial score (nSPS) is 22.8. The number of hydrogen-bond acceptors (Lipinski definition) is 2. The lowest BCUT2D eigenvalue weighted by Crippen LogP contribution is -2.35. The highest BCUT2D eigenvalue weighted by Crippen LogP contribution is 2.63. The average molecular weight is 632 g/mol. The third-order valence-electron chi connectivity index (χ3n) is 12.2. The Hall–Kier alpha value is -5.60. The van der Waals surface area contributed by atoms with E-state index in [2.05, 4.69) is 154 Å². The second-order valence-corrected chi connectivity index (χ2v) is 15.0. The van der Waals surface area contributed by atoms with Gasteiger partial charge in [0.2, 0.25) is 0 Å². The van der Waals surface area contributed by atoms with Gasteiger partial charge in [-0.3, -0.25) is 0 Å². The number of allylic oxidation sites excluding steroid dienone is 3. The van der Waals surface area contributed by atoms with Gasteiger partial charge in [0.25, 0.3) is 0 Å². The van der Waals surface area contributed by atoms with Crippen LogP contribution >= 0.6 is 0 Å². The van der Waals surface area contributed by atoms with Gasteiger partial charge in [0.05, 0.1) is 5.41 Å². The Morgan fingerprint density at radius 3 is 1.86 bits per heavy atom. The lowest BCUT2D eigenvalue weighted by atomic mass is 9.67. The van der Waals surface area contributed by atoms with E-state index in [9.17, 15) is 5.11 Å². The number of benzene rings is 6. The first kappa shape index (κ1) is 28.4. The van der Waals surface area contributed by atoms with Crippen molar-refractivity contribution in [2.45, 2.75) is 37.0 Å². The predicted molar refractivity (Wildman–Crippen MR) is 201 cm³/mol. The van der Waals surface area contributed by atoms with Crippen LogP contribution < -0.4 is 5.32 Å². The second kappa shape index (κ2) is 9.74. The van der Waals surface area contributed by atoms with Crippen LogP contribution in [0.25, 0.3) is 33.4 Å². The molecule has 2 heteroatoms. The van der Waals surface area contributed by atoms with E-state index in [0.717, 1.165) is 22.5 Å². The third kappa shape index (κ3) is 3.61. The molecular weight excluding hydrogens is 595 g/mol. The fourth-order valence-electron chi connectivity index (χ4n) is 10.0. The minimum absolute atomic E-state index is 0.0262. The molecule has 0 aliphatic heterocycles. The molecule has 0 amide bonds. The van der Waals surface area contributed by atoms with Crippen molar-refractivity contribution >= 4 is 5.69 Å². The summed E-state index contributed by atoms with van der Waals surface area (Å²) in [6.07, 6.45) is 7.18. The number of anilines is 1. The average Bonchev–Trinajstić information content (AvgIpc) is 3.65. The van der Waals surface area contributed by atoms with Crippen molar-refractivity contribution in [3.63, 3.8) is 0 Å². The second-order valence-electron chi connectivity index (χ2n) is 15.0. The van der Waals surface area contributed by atoms with Gasteiger partial charge in [0.15, 0.2) is 0 Å². The molecule has 4 aliphatic carbocycles. The van der Waals surface area contributed by atoms with Crippen molar-refractivity contribution in [1.29, 1.82) is 0 Å².